The third-order valence-electron chi connectivity index (χ3n) is 4.85. The van der Waals surface area contributed by atoms with E-state index in [1.807, 2.05) is 5.32 Å². The lowest BCUT2D eigenvalue weighted by atomic mass is 9.97. The Morgan fingerprint density at radius 2 is 1.77 bits per heavy atom. The molecule has 1 heterocycles. The number of nitrogens with zero attached hydrogens (tertiary/aromatic N) is 2. The van der Waals surface area contributed by atoms with Gasteiger partial charge in [0.25, 0.3) is 0 Å². The fraction of sp³-hybridized carbons (Fsp3) is 0.350. The summed E-state index contributed by atoms with van der Waals surface area (Å²) >= 11 is 0. The molecule has 1 aliphatic carbocycles. The Hall–Kier alpha value is -3.56. The highest BCUT2D eigenvalue weighted by molar-refractivity contribution is 6.45. The summed E-state index contributed by atoms with van der Waals surface area (Å²) < 4.78 is 13.5. The molecule has 0 spiro atoms. The van der Waals surface area contributed by atoms with Gasteiger partial charge in [0.1, 0.15) is 12.4 Å². The molecular weight excluding hydrogens is 395 g/mol. The average Bonchev–Trinajstić information content (AvgIpc) is 2.92. The molecule has 3 rings (SSSR count). The van der Waals surface area contributed by atoms with Crippen molar-refractivity contribution in [3.63, 3.8) is 0 Å². The van der Waals surface area contributed by atoms with Gasteiger partial charge < -0.3 is 5.32 Å². The van der Waals surface area contributed by atoms with E-state index in [1.165, 1.54) is 18.2 Å². The molecule has 1 saturated heterocycles. The standard InChI is InChI=1S/C20H21FN4O5/c21-14-8-4-5-9-15(14)22-19(29)23-16(26)12-25-18(28)17(27)24(20(25)30)11-10-13-6-2-1-3-7-13/h4-6,8-9H,1-3,7,10-12H2,(H2,22,23,26,29). The normalized spacial score (nSPS) is 16.6. The average molecular weight is 416 g/mol. The second-order valence-electron chi connectivity index (χ2n) is 6.97. The van der Waals surface area contributed by atoms with Crippen LogP contribution in [-0.4, -0.2) is 52.7 Å². The molecule has 10 heteroatoms. The van der Waals surface area contributed by atoms with E-state index in [1.54, 1.807) is 0 Å². The van der Waals surface area contributed by atoms with Gasteiger partial charge in [0.05, 0.1) is 5.69 Å². The molecule has 2 N–H and O–H groups in total. The predicted molar refractivity (Wildman–Crippen MR) is 104 cm³/mol. The van der Waals surface area contributed by atoms with Crippen LogP contribution in [0.15, 0.2) is 35.9 Å². The van der Waals surface area contributed by atoms with Gasteiger partial charge in [-0.05, 0) is 44.2 Å². The van der Waals surface area contributed by atoms with E-state index in [-0.39, 0.29) is 12.2 Å². The Morgan fingerprint density at radius 1 is 1.03 bits per heavy atom. The van der Waals surface area contributed by atoms with E-state index in [9.17, 15) is 28.4 Å². The molecule has 2 aliphatic rings. The highest BCUT2D eigenvalue weighted by atomic mass is 19.1. The summed E-state index contributed by atoms with van der Waals surface area (Å²) in [6, 6.07) is 3.42. The number of allylic oxidation sites excluding steroid dienone is 1. The number of carbonyl (C=O) groups is 5. The number of carbonyl (C=O) groups excluding carboxylic acids is 5. The SMILES string of the molecule is O=C(CN1C(=O)C(=O)N(CCC2=CCCCC2)C1=O)NC(=O)Nc1ccccc1F. The van der Waals surface area contributed by atoms with E-state index < -0.39 is 42.1 Å². The summed E-state index contributed by atoms with van der Waals surface area (Å²) in [6.07, 6.45) is 6.57. The van der Waals surface area contributed by atoms with Crippen molar-refractivity contribution in [1.82, 2.24) is 15.1 Å². The zero-order valence-electron chi connectivity index (χ0n) is 16.2. The molecule has 1 aromatic carbocycles. The molecule has 0 radical (unpaired) electrons. The van der Waals surface area contributed by atoms with Crippen molar-refractivity contribution in [1.29, 1.82) is 0 Å². The Morgan fingerprint density at radius 3 is 2.47 bits per heavy atom. The Kier molecular flexibility index (Phi) is 6.55. The second-order valence-corrected chi connectivity index (χ2v) is 6.97. The summed E-state index contributed by atoms with van der Waals surface area (Å²) in [6.45, 7) is -0.742. The molecule has 1 aromatic rings. The third kappa shape index (κ3) is 4.88. The number of benzene rings is 1. The van der Waals surface area contributed by atoms with Gasteiger partial charge >= 0.3 is 23.9 Å². The van der Waals surface area contributed by atoms with Crippen LogP contribution in [0.1, 0.15) is 32.1 Å². The molecule has 1 fully saturated rings. The number of nitrogens with one attached hydrogen (secondary N) is 2. The maximum absolute atomic E-state index is 13.5. The predicted octanol–water partition coefficient (Wildman–Crippen LogP) is 2.16. The van der Waals surface area contributed by atoms with Crippen molar-refractivity contribution in [3.8, 4) is 0 Å². The van der Waals surface area contributed by atoms with Crippen LogP contribution in [0.5, 0.6) is 0 Å². The molecule has 1 aliphatic heterocycles. The van der Waals surface area contributed by atoms with Crippen molar-refractivity contribution < 1.29 is 28.4 Å². The largest absolute Gasteiger partial charge is 0.334 e. The van der Waals surface area contributed by atoms with Crippen molar-refractivity contribution in [2.45, 2.75) is 32.1 Å². The Labute approximate surface area is 171 Å². The van der Waals surface area contributed by atoms with Gasteiger partial charge in [-0.25, -0.2) is 18.9 Å². The lowest BCUT2D eigenvalue weighted by Gasteiger charge is -2.17. The number of anilines is 1. The zero-order chi connectivity index (χ0) is 21.7. The summed E-state index contributed by atoms with van der Waals surface area (Å²) in [5.41, 5.74) is 0.991. The molecule has 30 heavy (non-hydrogen) atoms. The van der Waals surface area contributed by atoms with Gasteiger partial charge in [0.2, 0.25) is 5.91 Å². The summed E-state index contributed by atoms with van der Waals surface area (Å²) in [5.74, 6) is -3.81. The maximum atomic E-state index is 13.5. The van der Waals surface area contributed by atoms with Crippen molar-refractivity contribution in [2.24, 2.45) is 0 Å². The lowest BCUT2D eigenvalue weighted by molar-refractivity contribution is -0.143. The molecule has 9 nitrogen and oxygen atoms in total. The van der Waals surface area contributed by atoms with Gasteiger partial charge in [0.15, 0.2) is 0 Å². The molecule has 7 amide bonds. The first kappa shape index (κ1) is 21.2. The number of para-hydroxylation sites is 1. The topological polar surface area (TPSA) is 116 Å². The smallest absolute Gasteiger partial charge is 0.305 e. The van der Waals surface area contributed by atoms with Crippen LogP contribution >= 0.6 is 0 Å². The minimum Gasteiger partial charge on any atom is -0.305 e. The number of rotatable bonds is 6. The fourth-order valence-electron chi connectivity index (χ4n) is 3.30. The van der Waals surface area contributed by atoms with Gasteiger partial charge in [0, 0.05) is 6.54 Å². The van der Waals surface area contributed by atoms with E-state index in [0.717, 1.165) is 42.2 Å². The van der Waals surface area contributed by atoms with E-state index >= 15 is 0 Å². The third-order valence-corrected chi connectivity index (χ3v) is 4.85. The van der Waals surface area contributed by atoms with Crippen LogP contribution < -0.4 is 10.6 Å². The first-order chi connectivity index (χ1) is 14.4. The fourth-order valence-corrected chi connectivity index (χ4v) is 3.30. The van der Waals surface area contributed by atoms with Gasteiger partial charge in [-0.3, -0.25) is 24.6 Å². The van der Waals surface area contributed by atoms with Crippen LogP contribution in [0.3, 0.4) is 0 Å². The van der Waals surface area contributed by atoms with Crippen molar-refractivity contribution >= 4 is 35.5 Å². The maximum Gasteiger partial charge on any atom is 0.334 e. The Bertz CT molecular complexity index is 930. The highest BCUT2D eigenvalue weighted by Gasteiger charge is 2.45. The van der Waals surface area contributed by atoms with E-state index in [0.29, 0.717) is 11.3 Å². The van der Waals surface area contributed by atoms with Crippen LogP contribution in [0.2, 0.25) is 0 Å². The number of hydrogen-bond donors (Lipinski definition) is 2. The van der Waals surface area contributed by atoms with Crippen LogP contribution in [0.4, 0.5) is 19.7 Å². The molecule has 0 saturated carbocycles. The number of hydrogen-bond acceptors (Lipinski definition) is 5. The molecular formula is C20H21FN4O5. The van der Waals surface area contributed by atoms with E-state index in [2.05, 4.69) is 11.4 Å². The summed E-state index contributed by atoms with van der Waals surface area (Å²) in [5, 5.41) is 4.04. The number of imide groups is 3. The minimum absolute atomic E-state index is 0.0567. The molecule has 0 aromatic heterocycles. The van der Waals surface area contributed by atoms with Crippen molar-refractivity contribution in [3.05, 3.63) is 41.7 Å². The van der Waals surface area contributed by atoms with Gasteiger partial charge in [-0.15, -0.1) is 0 Å². The molecule has 0 unspecified atom stereocenters. The van der Waals surface area contributed by atoms with Crippen LogP contribution in [0.25, 0.3) is 0 Å². The van der Waals surface area contributed by atoms with Crippen LogP contribution in [0, 0.1) is 5.82 Å². The molecule has 158 valence electrons. The molecule has 0 atom stereocenters. The first-order valence-corrected chi connectivity index (χ1v) is 9.57. The van der Waals surface area contributed by atoms with Crippen molar-refractivity contribution in [2.75, 3.05) is 18.4 Å². The molecule has 0 bridgehead atoms. The first-order valence-electron chi connectivity index (χ1n) is 9.57. The van der Waals surface area contributed by atoms with Crippen LogP contribution in [-0.2, 0) is 14.4 Å². The minimum atomic E-state index is -1.12. The number of halogens is 1. The number of amides is 7. The highest BCUT2D eigenvalue weighted by Crippen LogP contribution is 2.22. The lowest BCUT2D eigenvalue weighted by Crippen LogP contribution is -2.44. The summed E-state index contributed by atoms with van der Waals surface area (Å²) in [7, 11) is 0. The quantitative estimate of drug-likeness (QED) is 0.419. The number of urea groups is 2. The van der Waals surface area contributed by atoms with Gasteiger partial charge in [-0.1, -0.05) is 23.8 Å². The Balaban J connectivity index is 1.54. The van der Waals surface area contributed by atoms with E-state index in [4.69, 9.17) is 0 Å². The zero-order valence-corrected chi connectivity index (χ0v) is 16.2. The van der Waals surface area contributed by atoms with Gasteiger partial charge in [-0.2, -0.15) is 0 Å². The monoisotopic (exact) mass is 416 g/mol. The second kappa shape index (κ2) is 9.29. The summed E-state index contributed by atoms with van der Waals surface area (Å²) in [4.78, 5) is 61.8.